The topological polar surface area (TPSA) is 84.9 Å². The number of nitrogens with one attached hydrogen (secondary N) is 1. The van der Waals surface area contributed by atoms with Crippen LogP contribution in [0.25, 0.3) is 0 Å². The summed E-state index contributed by atoms with van der Waals surface area (Å²) in [6.07, 6.45) is 1.17. The number of carbonyl (C=O) groups is 1. The monoisotopic (exact) mass is 344 g/mol. The molecule has 0 aliphatic rings. The molecular formula is C15H24N2O5S. The van der Waals surface area contributed by atoms with Crippen molar-refractivity contribution in [3.05, 3.63) is 18.2 Å². The Morgan fingerprint density at radius 2 is 1.83 bits per heavy atom. The molecule has 1 aromatic rings. The molecule has 130 valence electrons. The molecule has 23 heavy (non-hydrogen) atoms. The first-order valence-electron chi connectivity index (χ1n) is 7.18. The summed E-state index contributed by atoms with van der Waals surface area (Å²) >= 11 is 0. The van der Waals surface area contributed by atoms with E-state index in [0.29, 0.717) is 17.2 Å². The summed E-state index contributed by atoms with van der Waals surface area (Å²) in [4.78, 5) is 11.8. The van der Waals surface area contributed by atoms with Gasteiger partial charge in [-0.2, -0.15) is 0 Å². The lowest BCUT2D eigenvalue weighted by Crippen LogP contribution is -2.36. The van der Waals surface area contributed by atoms with E-state index in [1.54, 1.807) is 18.2 Å². The van der Waals surface area contributed by atoms with E-state index in [2.05, 4.69) is 5.32 Å². The molecule has 1 rings (SSSR count). The van der Waals surface area contributed by atoms with Crippen LogP contribution in [0.1, 0.15) is 20.3 Å². The van der Waals surface area contributed by atoms with E-state index in [-0.39, 0.29) is 24.9 Å². The first-order chi connectivity index (χ1) is 10.7. The highest BCUT2D eigenvalue weighted by Gasteiger charge is 2.20. The lowest BCUT2D eigenvalue weighted by Gasteiger charge is -2.23. The van der Waals surface area contributed by atoms with Crippen LogP contribution in [0.3, 0.4) is 0 Å². The van der Waals surface area contributed by atoms with Crippen molar-refractivity contribution in [2.45, 2.75) is 26.3 Å². The number of ether oxygens (including phenoxy) is 2. The molecule has 0 aliphatic carbocycles. The predicted molar refractivity (Wildman–Crippen MR) is 89.6 cm³/mol. The van der Waals surface area contributed by atoms with Gasteiger partial charge in [0.2, 0.25) is 15.9 Å². The maximum absolute atomic E-state index is 12.0. The predicted octanol–water partition coefficient (Wildman–Crippen LogP) is 1.38. The quantitative estimate of drug-likeness (QED) is 0.770. The molecule has 0 aliphatic heterocycles. The molecule has 0 heterocycles. The van der Waals surface area contributed by atoms with E-state index < -0.39 is 10.0 Å². The second-order valence-electron chi connectivity index (χ2n) is 5.35. The first-order valence-corrected chi connectivity index (χ1v) is 9.03. The molecular weight excluding hydrogens is 320 g/mol. The van der Waals surface area contributed by atoms with Gasteiger partial charge in [0.05, 0.1) is 26.2 Å². The molecule has 0 spiro atoms. The van der Waals surface area contributed by atoms with Crippen LogP contribution >= 0.6 is 0 Å². The SMILES string of the molecule is COc1ccc(N(CCC(=O)NC(C)C)S(C)(=O)=O)cc1OC. The average molecular weight is 344 g/mol. The number of anilines is 1. The third-order valence-corrected chi connectivity index (χ3v) is 4.24. The van der Waals surface area contributed by atoms with Crippen molar-refractivity contribution in [1.29, 1.82) is 0 Å². The van der Waals surface area contributed by atoms with Gasteiger partial charge in [-0.15, -0.1) is 0 Å². The number of benzene rings is 1. The Morgan fingerprint density at radius 3 is 2.30 bits per heavy atom. The molecule has 0 aromatic heterocycles. The lowest BCUT2D eigenvalue weighted by molar-refractivity contribution is -0.121. The minimum Gasteiger partial charge on any atom is -0.493 e. The van der Waals surface area contributed by atoms with Crippen molar-refractivity contribution < 1.29 is 22.7 Å². The van der Waals surface area contributed by atoms with Crippen molar-refractivity contribution in [3.63, 3.8) is 0 Å². The third-order valence-electron chi connectivity index (χ3n) is 3.05. The van der Waals surface area contributed by atoms with Gasteiger partial charge in [0.15, 0.2) is 11.5 Å². The molecule has 1 amide bonds. The maximum atomic E-state index is 12.0. The Bertz CT molecular complexity index is 643. The summed E-state index contributed by atoms with van der Waals surface area (Å²) < 4.78 is 35.6. The van der Waals surface area contributed by atoms with Crippen molar-refractivity contribution >= 4 is 21.6 Å². The number of sulfonamides is 1. The molecule has 0 fully saturated rings. The molecule has 0 unspecified atom stereocenters. The summed E-state index contributed by atoms with van der Waals surface area (Å²) in [5.74, 6) is 0.724. The van der Waals surface area contributed by atoms with Crippen molar-refractivity contribution in [3.8, 4) is 11.5 Å². The normalized spacial score (nSPS) is 11.2. The molecule has 1 aromatic carbocycles. The fourth-order valence-electron chi connectivity index (χ4n) is 2.06. The zero-order valence-electron chi connectivity index (χ0n) is 14.1. The second-order valence-corrected chi connectivity index (χ2v) is 7.25. The first kappa shape index (κ1) is 19.1. The van der Waals surface area contributed by atoms with Gasteiger partial charge in [-0.25, -0.2) is 8.42 Å². The Balaban J connectivity index is 3.02. The van der Waals surface area contributed by atoms with Gasteiger partial charge in [-0.3, -0.25) is 9.10 Å². The molecule has 1 N–H and O–H groups in total. The van der Waals surface area contributed by atoms with Gasteiger partial charge in [-0.05, 0) is 26.0 Å². The van der Waals surface area contributed by atoms with Gasteiger partial charge in [0.1, 0.15) is 0 Å². The molecule has 0 saturated carbocycles. The van der Waals surface area contributed by atoms with E-state index in [9.17, 15) is 13.2 Å². The van der Waals surface area contributed by atoms with E-state index in [0.717, 1.165) is 6.26 Å². The zero-order valence-corrected chi connectivity index (χ0v) is 14.9. The summed E-state index contributed by atoms with van der Waals surface area (Å²) in [6.45, 7) is 3.74. The van der Waals surface area contributed by atoms with E-state index in [1.807, 2.05) is 13.8 Å². The maximum Gasteiger partial charge on any atom is 0.232 e. The number of hydrogen-bond acceptors (Lipinski definition) is 5. The van der Waals surface area contributed by atoms with E-state index in [4.69, 9.17) is 9.47 Å². The molecule has 0 radical (unpaired) electrons. The Morgan fingerprint density at radius 1 is 1.22 bits per heavy atom. The van der Waals surface area contributed by atoms with E-state index >= 15 is 0 Å². The van der Waals surface area contributed by atoms with Crippen LogP contribution in [0, 0.1) is 0 Å². The highest BCUT2D eigenvalue weighted by Crippen LogP contribution is 2.32. The number of nitrogens with zero attached hydrogens (tertiary/aromatic N) is 1. The zero-order chi connectivity index (χ0) is 17.6. The second kappa shape index (κ2) is 8.05. The van der Waals surface area contributed by atoms with Crippen LogP contribution in [0.4, 0.5) is 5.69 Å². The standard InChI is InChI=1S/C15H24N2O5S/c1-11(2)16-15(18)8-9-17(23(5,19)20)12-6-7-13(21-3)14(10-12)22-4/h6-7,10-11H,8-9H2,1-5H3,(H,16,18). The minimum atomic E-state index is -3.53. The summed E-state index contributed by atoms with van der Waals surface area (Å²) in [5.41, 5.74) is 0.419. The van der Waals surface area contributed by atoms with Gasteiger partial charge in [0, 0.05) is 25.1 Å². The van der Waals surface area contributed by atoms with Gasteiger partial charge >= 0.3 is 0 Å². The number of hydrogen-bond donors (Lipinski definition) is 1. The van der Waals surface area contributed by atoms with Crippen LogP contribution in [0.5, 0.6) is 11.5 Å². The van der Waals surface area contributed by atoms with Crippen molar-refractivity contribution in [2.75, 3.05) is 31.3 Å². The molecule has 0 saturated heterocycles. The lowest BCUT2D eigenvalue weighted by atomic mass is 10.2. The fraction of sp³-hybridized carbons (Fsp3) is 0.533. The molecule has 7 nitrogen and oxygen atoms in total. The van der Waals surface area contributed by atoms with Gasteiger partial charge in [0.25, 0.3) is 0 Å². The Hall–Kier alpha value is -1.96. The summed E-state index contributed by atoms with van der Waals surface area (Å²) in [7, 11) is -0.553. The van der Waals surface area contributed by atoms with Gasteiger partial charge in [-0.1, -0.05) is 0 Å². The smallest absolute Gasteiger partial charge is 0.232 e. The van der Waals surface area contributed by atoms with E-state index in [1.165, 1.54) is 18.5 Å². The minimum absolute atomic E-state index is 0.00950. The number of rotatable bonds is 8. The third kappa shape index (κ3) is 5.63. The van der Waals surface area contributed by atoms with Crippen LogP contribution in [0.2, 0.25) is 0 Å². The van der Waals surface area contributed by atoms with Gasteiger partial charge < -0.3 is 14.8 Å². The van der Waals surface area contributed by atoms with Crippen molar-refractivity contribution in [1.82, 2.24) is 5.32 Å². The summed E-state index contributed by atoms with van der Waals surface area (Å²) in [5, 5.41) is 2.74. The molecule has 0 atom stereocenters. The molecule has 8 heteroatoms. The number of methoxy groups -OCH3 is 2. The Kier molecular flexibility index (Phi) is 6.68. The van der Waals surface area contributed by atoms with Crippen molar-refractivity contribution in [2.24, 2.45) is 0 Å². The van der Waals surface area contributed by atoms with Crippen LogP contribution < -0.4 is 19.1 Å². The number of amides is 1. The highest BCUT2D eigenvalue weighted by atomic mass is 32.2. The highest BCUT2D eigenvalue weighted by molar-refractivity contribution is 7.92. The fourth-order valence-corrected chi connectivity index (χ4v) is 2.98. The Labute approximate surface area is 137 Å². The van der Waals surface area contributed by atoms with Crippen LogP contribution in [-0.4, -0.2) is 47.4 Å². The summed E-state index contributed by atoms with van der Waals surface area (Å²) in [6, 6.07) is 4.82. The van der Waals surface area contributed by atoms with Crippen LogP contribution in [-0.2, 0) is 14.8 Å². The van der Waals surface area contributed by atoms with Crippen LogP contribution in [0.15, 0.2) is 18.2 Å². The number of carbonyl (C=O) groups excluding carboxylic acids is 1. The molecule has 0 bridgehead atoms. The largest absolute Gasteiger partial charge is 0.493 e. The average Bonchev–Trinajstić information content (AvgIpc) is 2.44.